The summed E-state index contributed by atoms with van der Waals surface area (Å²) in [5.74, 6) is -0.465. The molecular formula is C21H28N4O4. The Labute approximate surface area is 171 Å². The smallest absolute Gasteiger partial charge is 0.407 e. The lowest BCUT2D eigenvalue weighted by Crippen LogP contribution is -2.49. The quantitative estimate of drug-likeness (QED) is 0.681. The summed E-state index contributed by atoms with van der Waals surface area (Å²) in [4.78, 5) is 35.2. The molecule has 1 atom stereocenters. The van der Waals surface area contributed by atoms with E-state index in [9.17, 15) is 9.59 Å². The van der Waals surface area contributed by atoms with E-state index in [1.54, 1.807) is 33.2 Å². The fraction of sp³-hybridized carbons (Fsp3) is 0.429. The molecule has 0 saturated carbocycles. The van der Waals surface area contributed by atoms with Crippen molar-refractivity contribution in [1.82, 2.24) is 20.2 Å². The lowest BCUT2D eigenvalue weighted by Gasteiger charge is -2.30. The highest BCUT2D eigenvalue weighted by Gasteiger charge is 2.29. The summed E-state index contributed by atoms with van der Waals surface area (Å²) in [6.45, 7) is 6.12. The maximum Gasteiger partial charge on any atom is 0.407 e. The molecule has 0 bridgehead atoms. The Kier molecular flexibility index (Phi) is 8.09. The Morgan fingerprint density at radius 2 is 1.59 bits per heavy atom. The molecule has 0 aliphatic rings. The van der Waals surface area contributed by atoms with Gasteiger partial charge in [-0.05, 0) is 45.0 Å². The Morgan fingerprint density at radius 3 is 2.00 bits per heavy atom. The van der Waals surface area contributed by atoms with Crippen molar-refractivity contribution in [1.29, 1.82) is 0 Å². The van der Waals surface area contributed by atoms with Crippen LogP contribution in [0.4, 0.5) is 4.79 Å². The van der Waals surface area contributed by atoms with E-state index >= 15 is 0 Å². The normalized spacial score (nSPS) is 12.3. The maximum atomic E-state index is 12.5. The van der Waals surface area contributed by atoms with Crippen LogP contribution in [0.2, 0.25) is 0 Å². The van der Waals surface area contributed by atoms with Gasteiger partial charge in [-0.25, -0.2) is 4.79 Å². The Morgan fingerprint density at radius 1 is 1.03 bits per heavy atom. The zero-order valence-electron chi connectivity index (χ0n) is 17.3. The van der Waals surface area contributed by atoms with E-state index in [4.69, 9.17) is 9.47 Å². The molecule has 0 aromatic carbocycles. The molecule has 2 heterocycles. The van der Waals surface area contributed by atoms with E-state index in [0.29, 0.717) is 13.1 Å². The van der Waals surface area contributed by atoms with Crippen LogP contribution < -0.4 is 5.32 Å². The molecule has 1 N–H and O–H groups in total. The van der Waals surface area contributed by atoms with Gasteiger partial charge < -0.3 is 14.8 Å². The average Bonchev–Trinajstić information content (AvgIpc) is 2.68. The molecule has 2 rings (SSSR count). The standard InChI is InChI=1S/C21H28N4O4/c1-21(2,3)29-20(27)24-13-18(19(26)28-4)25(14-16-9-5-7-11-22-16)15-17-10-6-8-12-23-17/h5-12,18H,13-15H2,1-4H3,(H,24,27). The van der Waals surface area contributed by atoms with Gasteiger partial charge in [0.2, 0.25) is 0 Å². The molecule has 29 heavy (non-hydrogen) atoms. The van der Waals surface area contributed by atoms with Crippen LogP contribution in [0.15, 0.2) is 48.8 Å². The fourth-order valence-corrected chi connectivity index (χ4v) is 2.67. The number of rotatable bonds is 8. The zero-order chi connectivity index (χ0) is 21.3. The third-order valence-corrected chi connectivity index (χ3v) is 3.94. The molecule has 0 spiro atoms. The largest absolute Gasteiger partial charge is 0.468 e. The van der Waals surface area contributed by atoms with Crippen LogP contribution in [0.1, 0.15) is 32.2 Å². The fourth-order valence-electron chi connectivity index (χ4n) is 2.67. The minimum absolute atomic E-state index is 0.0290. The molecular weight excluding hydrogens is 372 g/mol. The van der Waals surface area contributed by atoms with Crippen LogP contribution in [-0.2, 0) is 27.4 Å². The lowest BCUT2D eigenvalue weighted by atomic mass is 10.2. The van der Waals surface area contributed by atoms with Crippen LogP contribution in [0, 0.1) is 0 Å². The second-order valence-corrected chi connectivity index (χ2v) is 7.47. The monoisotopic (exact) mass is 400 g/mol. The van der Waals surface area contributed by atoms with E-state index < -0.39 is 23.7 Å². The van der Waals surface area contributed by atoms with Gasteiger partial charge in [0.05, 0.1) is 18.5 Å². The number of methoxy groups -OCH3 is 1. The molecule has 0 radical (unpaired) electrons. The summed E-state index contributed by atoms with van der Waals surface area (Å²) < 4.78 is 10.3. The van der Waals surface area contributed by atoms with Crippen molar-refractivity contribution in [2.24, 2.45) is 0 Å². The van der Waals surface area contributed by atoms with Gasteiger partial charge in [0, 0.05) is 32.0 Å². The van der Waals surface area contributed by atoms with Gasteiger partial charge in [-0.2, -0.15) is 0 Å². The first-order valence-corrected chi connectivity index (χ1v) is 9.37. The Bertz CT molecular complexity index is 737. The topological polar surface area (TPSA) is 93.6 Å². The van der Waals surface area contributed by atoms with Crippen LogP contribution in [-0.4, -0.2) is 52.2 Å². The van der Waals surface area contributed by atoms with Gasteiger partial charge in [0.25, 0.3) is 0 Å². The predicted octanol–water partition coefficient (Wildman–Crippen LogP) is 2.55. The predicted molar refractivity (Wildman–Crippen MR) is 108 cm³/mol. The van der Waals surface area contributed by atoms with Gasteiger partial charge in [-0.15, -0.1) is 0 Å². The molecule has 2 aromatic rings. The number of amides is 1. The van der Waals surface area contributed by atoms with Crippen LogP contribution in [0.5, 0.6) is 0 Å². The number of pyridine rings is 2. The number of hydrogen-bond acceptors (Lipinski definition) is 7. The summed E-state index contributed by atoms with van der Waals surface area (Å²) >= 11 is 0. The van der Waals surface area contributed by atoms with Crippen molar-refractivity contribution in [3.63, 3.8) is 0 Å². The number of hydrogen-bond donors (Lipinski definition) is 1. The highest BCUT2D eigenvalue weighted by molar-refractivity contribution is 5.77. The summed E-state index contributed by atoms with van der Waals surface area (Å²) in [6.07, 6.45) is 2.79. The first kappa shape index (κ1) is 22.3. The number of nitrogens with zero attached hydrogens (tertiary/aromatic N) is 3. The Hall–Kier alpha value is -3.00. The van der Waals surface area contributed by atoms with Crippen molar-refractivity contribution in [3.8, 4) is 0 Å². The third-order valence-electron chi connectivity index (χ3n) is 3.94. The number of ether oxygens (including phenoxy) is 2. The number of esters is 1. The van der Waals surface area contributed by atoms with E-state index in [-0.39, 0.29) is 6.54 Å². The van der Waals surface area contributed by atoms with Crippen molar-refractivity contribution in [3.05, 3.63) is 60.2 Å². The summed E-state index contributed by atoms with van der Waals surface area (Å²) in [6, 6.07) is 10.4. The second-order valence-electron chi connectivity index (χ2n) is 7.47. The molecule has 0 saturated heterocycles. The summed E-state index contributed by atoms with van der Waals surface area (Å²) in [5, 5.41) is 2.66. The van der Waals surface area contributed by atoms with Crippen molar-refractivity contribution >= 4 is 12.1 Å². The van der Waals surface area contributed by atoms with E-state index in [1.165, 1.54) is 7.11 Å². The maximum absolute atomic E-state index is 12.5. The van der Waals surface area contributed by atoms with Gasteiger partial charge in [0.1, 0.15) is 11.6 Å². The number of aromatic nitrogens is 2. The van der Waals surface area contributed by atoms with E-state index in [1.807, 2.05) is 41.3 Å². The first-order chi connectivity index (χ1) is 13.8. The number of alkyl carbamates (subject to hydrolysis) is 1. The summed E-state index contributed by atoms with van der Waals surface area (Å²) in [5.41, 5.74) is 0.941. The molecule has 2 aromatic heterocycles. The van der Waals surface area contributed by atoms with E-state index in [2.05, 4.69) is 15.3 Å². The minimum Gasteiger partial charge on any atom is -0.468 e. The van der Waals surface area contributed by atoms with Gasteiger partial charge in [0.15, 0.2) is 0 Å². The minimum atomic E-state index is -0.739. The molecule has 1 amide bonds. The molecule has 156 valence electrons. The Balaban J connectivity index is 2.20. The van der Waals surface area contributed by atoms with Crippen LogP contribution >= 0.6 is 0 Å². The van der Waals surface area contributed by atoms with E-state index in [0.717, 1.165) is 11.4 Å². The van der Waals surface area contributed by atoms with Gasteiger partial charge in [-0.1, -0.05) is 12.1 Å². The highest BCUT2D eigenvalue weighted by atomic mass is 16.6. The number of carbonyl (C=O) groups is 2. The zero-order valence-corrected chi connectivity index (χ0v) is 17.3. The highest BCUT2D eigenvalue weighted by Crippen LogP contribution is 2.13. The summed E-state index contributed by atoms with van der Waals surface area (Å²) in [7, 11) is 1.32. The van der Waals surface area contributed by atoms with Crippen molar-refractivity contribution < 1.29 is 19.1 Å². The van der Waals surface area contributed by atoms with Crippen LogP contribution in [0.25, 0.3) is 0 Å². The van der Waals surface area contributed by atoms with Crippen molar-refractivity contribution in [2.75, 3.05) is 13.7 Å². The molecule has 8 nitrogen and oxygen atoms in total. The first-order valence-electron chi connectivity index (χ1n) is 9.37. The number of carbonyl (C=O) groups excluding carboxylic acids is 2. The van der Waals surface area contributed by atoms with Crippen molar-refractivity contribution in [2.45, 2.75) is 45.5 Å². The number of nitrogens with one attached hydrogen (secondary N) is 1. The molecule has 0 aliphatic carbocycles. The second kappa shape index (κ2) is 10.5. The molecule has 0 fully saturated rings. The average molecular weight is 400 g/mol. The molecule has 1 unspecified atom stereocenters. The SMILES string of the molecule is COC(=O)C(CNC(=O)OC(C)(C)C)N(Cc1ccccn1)Cc1ccccn1. The molecule has 8 heteroatoms. The van der Waals surface area contributed by atoms with Crippen LogP contribution in [0.3, 0.4) is 0 Å². The molecule has 0 aliphatic heterocycles. The third kappa shape index (κ3) is 7.87. The van der Waals surface area contributed by atoms with Gasteiger partial charge >= 0.3 is 12.1 Å². The lowest BCUT2D eigenvalue weighted by molar-refractivity contribution is -0.147. The van der Waals surface area contributed by atoms with Gasteiger partial charge in [-0.3, -0.25) is 19.7 Å².